The van der Waals surface area contributed by atoms with Crippen molar-refractivity contribution >= 4 is 0 Å². The summed E-state index contributed by atoms with van der Waals surface area (Å²) in [4.78, 5) is 0. The average molecular weight is 199 g/mol. The maximum Gasteiger partial charge on any atom is 0.0555 e. The van der Waals surface area contributed by atoms with E-state index in [1.54, 1.807) is 0 Å². The normalized spacial score (nSPS) is 34.5. The van der Waals surface area contributed by atoms with Gasteiger partial charge >= 0.3 is 0 Å². The zero-order valence-electron chi connectivity index (χ0n) is 10.0. The lowest BCUT2D eigenvalue weighted by molar-refractivity contribution is 0.0375. The fraction of sp³-hybridized carbons (Fsp3) is 1.00. The molecular weight excluding hydrogens is 174 g/mol. The largest absolute Gasteiger partial charge is 0.393 e. The van der Waals surface area contributed by atoms with Crippen molar-refractivity contribution in [3.63, 3.8) is 0 Å². The van der Waals surface area contributed by atoms with E-state index in [0.717, 1.165) is 19.3 Å². The van der Waals surface area contributed by atoms with Gasteiger partial charge in [-0.1, -0.05) is 27.2 Å². The Bertz CT molecular complexity index is 179. The minimum Gasteiger partial charge on any atom is -0.393 e. The molecule has 3 unspecified atom stereocenters. The van der Waals surface area contributed by atoms with Crippen LogP contribution in [0.2, 0.25) is 0 Å². The van der Waals surface area contributed by atoms with Crippen LogP contribution in [0.5, 0.6) is 0 Å². The first-order valence-corrected chi connectivity index (χ1v) is 5.86. The topological polar surface area (TPSA) is 32.3 Å². The Kier molecular flexibility index (Phi) is 3.96. The Morgan fingerprint density at radius 3 is 2.50 bits per heavy atom. The third-order valence-corrected chi connectivity index (χ3v) is 4.11. The molecular formula is C12H25NO. The lowest BCUT2D eigenvalue weighted by Gasteiger charge is -2.43. The van der Waals surface area contributed by atoms with E-state index in [0.29, 0.717) is 17.4 Å². The molecule has 2 N–H and O–H groups in total. The van der Waals surface area contributed by atoms with Gasteiger partial charge in [-0.2, -0.15) is 0 Å². The van der Waals surface area contributed by atoms with Crippen molar-refractivity contribution in [1.29, 1.82) is 0 Å². The van der Waals surface area contributed by atoms with Crippen LogP contribution in [-0.4, -0.2) is 24.3 Å². The molecule has 14 heavy (non-hydrogen) atoms. The van der Waals surface area contributed by atoms with Gasteiger partial charge in [0.1, 0.15) is 0 Å². The number of hydrogen-bond donors (Lipinski definition) is 2. The highest BCUT2D eigenvalue weighted by Crippen LogP contribution is 2.40. The summed E-state index contributed by atoms with van der Waals surface area (Å²) in [6.45, 7) is 6.96. The zero-order chi connectivity index (χ0) is 10.8. The van der Waals surface area contributed by atoms with Crippen molar-refractivity contribution in [3.05, 3.63) is 0 Å². The summed E-state index contributed by atoms with van der Waals surface area (Å²) in [7, 11) is 2.02. The molecule has 0 bridgehead atoms. The highest BCUT2D eigenvalue weighted by atomic mass is 16.3. The SMILES string of the molecule is CCC(C)(C)C1CCC(O)CC1NC. The lowest BCUT2D eigenvalue weighted by Crippen LogP contribution is -2.46. The molecule has 2 nitrogen and oxygen atoms in total. The van der Waals surface area contributed by atoms with Gasteiger partial charge in [-0.3, -0.25) is 0 Å². The maximum atomic E-state index is 9.63. The summed E-state index contributed by atoms with van der Waals surface area (Å²) in [5.41, 5.74) is 0.397. The predicted octanol–water partition coefficient (Wildman–Crippen LogP) is 2.17. The Morgan fingerprint density at radius 2 is 2.00 bits per heavy atom. The van der Waals surface area contributed by atoms with E-state index in [1.807, 2.05) is 7.05 Å². The Labute approximate surface area is 88.1 Å². The Hall–Kier alpha value is -0.0800. The second-order valence-corrected chi connectivity index (χ2v) is 5.31. The van der Waals surface area contributed by atoms with Crippen LogP contribution in [0.4, 0.5) is 0 Å². The van der Waals surface area contributed by atoms with Crippen LogP contribution in [0.15, 0.2) is 0 Å². The zero-order valence-corrected chi connectivity index (χ0v) is 10.0. The minimum absolute atomic E-state index is 0.0867. The Morgan fingerprint density at radius 1 is 1.36 bits per heavy atom. The first-order valence-electron chi connectivity index (χ1n) is 5.86. The highest BCUT2D eigenvalue weighted by molar-refractivity contribution is 4.91. The molecule has 0 amide bonds. The van der Waals surface area contributed by atoms with Crippen molar-refractivity contribution in [1.82, 2.24) is 5.32 Å². The van der Waals surface area contributed by atoms with Crippen LogP contribution >= 0.6 is 0 Å². The lowest BCUT2D eigenvalue weighted by atomic mass is 9.67. The molecule has 0 saturated heterocycles. The standard InChI is InChI=1S/C12H25NO/c1-5-12(2,3)10-7-6-9(14)8-11(10)13-4/h9-11,13-14H,5-8H2,1-4H3. The minimum atomic E-state index is -0.0867. The van der Waals surface area contributed by atoms with Gasteiger partial charge in [-0.25, -0.2) is 0 Å². The molecule has 1 rings (SSSR count). The second-order valence-electron chi connectivity index (χ2n) is 5.31. The van der Waals surface area contributed by atoms with Crippen molar-refractivity contribution in [2.24, 2.45) is 11.3 Å². The number of aliphatic hydroxyl groups excluding tert-OH is 1. The van der Waals surface area contributed by atoms with E-state index in [4.69, 9.17) is 0 Å². The van der Waals surface area contributed by atoms with Gasteiger partial charge in [0.15, 0.2) is 0 Å². The summed E-state index contributed by atoms with van der Waals surface area (Å²) in [6.07, 6.45) is 4.19. The van der Waals surface area contributed by atoms with Gasteiger partial charge in [0.2, 0.25) is 0 Å². The molecule has 84 valence electrons. The average Bonchev–Trinajstić information content (AvgIpc) is 2.17. The first kappa shape index (κ1) is 12.0. The second kappa shape index (κ2) is 4.63. The smallest absolute Gasteiger partial charge is 0.0555 e. The highest BCUT2D eigenvalue weighted by Gasteiger charge is 2.37. The monoisotopic (exact) mass is 199 g/mol. The summed E-state index contributed by atoms with van der Waals surface area (Å²) in [5, 5.41) is 13.0. The van der Waals surface area contributed by atoms with Gasteiger partial charge in [-0.15, -0.1) is 0 Å². The third kappa shape index (κ3) is 2.48. The van der Waals surface area contributed by atoms with Gasteiger partial charge in [-0.05, 0) is 37.6 Å². The first-order chi connectivity index (χ1) is 6.51. The summed E-state index contributed by atoms with van der Waals surface area (Å²) < 4.78 is 0. The quantitative estimate of drug-likeness (QED) is 0.730. The van der Waals surface area contributed by atoms with Gasteiger partial charge < -0.3 is 10.4 Å². The molecule has 1 saturated carbocycles. The molecule has 2 heteroatoms. The number of rotatable bonds is 3. The molecule has 1 aliphatic rings. The molecule has 0 radical (unpaired) electrons. The molecule has 1 aliphatic carbocycles. The number of aliphatic hydroxyl groups is 1. The molecule has 0 aromatic heterocycles. The number of nitrogens with one attached hydrogen (secondary N) is 1. The van der Waals surface area contributed by atoms with E-state index >= 15 is 0 Å². The van der Waals surface area contributed by atoms with Gasteiger partial charge in [0.25, 0.3) is 0 Å². The molecule has 0 aromatic rings. The molecule has 0 aromatic carbocycles. The van der Waals surface area contributed by atoms with Crippen molar-refractivity contribution in [3.8, 4) is 0 Å². The van der Waals surface area contributed by atoms with Crippen molar-refractivity contribution in [2.45, 2.75) is 58.6 Å². The van der Waals surface area contributed by atoms with E-state index in [1.165, 1.54) is 6.42 Å². The van der Waals surface area contributed by atoms with E-state index in [2.05, 4.69) is 26.1 Å². The Balaban J connectivity index is 2.67. The predicted molar refractivity (Wildman–Crippen MR) is 60.3 cm³/mol. The number of hydrogen-bond acceptors (Lipinski definition) is 2. The fourth-order valence-electron chi connectivity index (χ4n) is 2.66. The molecule has 3 atom stereocenters. The summed E-state index contributed by atoms with van der Waals surface area (Å²) in [5.74, 6) is 0.709. The van der Waals surface area contributed by atoms with Gasteiger partial charge in [0, 0.05) is 6.04 Å². The van der Waals surface area contributed by atoms with Crippen LogP contribution in [0.25, 0.3) is 0 Å². The molecule has 0 spiro atoms. The van der Waals surface area contributed by atoms with Crippen LogP contribution in [-0.2, 0) is 0 Å². The van der Waals surface area contributed by atoms with Crippen LogP contribution in [0.1, 0.15) is 46.5 Å². The fourth-order valence-corrected chi connectivity index (χ4v) is 2.66. The molecule has 0 aliphatic heterocycles. The maximum absolute atomic E-state index is 9.63. The van der Waals surface area contributed by atoms with Crippen LogP contribution in [0, 0.1) is 11.3 Å². The third-order valence-electron chi connectivity index (χ3n) is 4.11. The van der Waals surface area contributed by atoms with E-state index < -0.39 is 0 Å². The van der Waals surface area contributed by atoms with Crippen molar-refractivity contribution in [2.75, 3.05) is 7.05 Å². The van der Waals surface area contributed by atoms with Crippen molar-refractivity contribution < 1.29 is 5.11 Å². The summed E-state index contributed by atoms with van der Waals surface area (Å²) >= 11 is 0. The van der Waals surface area contributed by atoms with E-state index in [-0.39, 0.29) is 6.10 Å². The molecule has 1 fully saturated rings. The molecule has 0 heterocycles. The van der Waals surface area contributed by atoms with Gasteiger partial charge in [0.05, 0.1) is 6.10 Å². The van der Waals surface area contributed by atoms with E-state index in [9.17, 15) is 5.11 Å². The summed E-state index contributed by atoms with van der Waals surface area (Å²) in [6, 6.07) is 0.494. The van der Waals surface area contributed by atoms with Crippen LogP contribution < -0.4 is 5.32 Å². The van der Waals surface area contributed by atoms with Crippen LogP contribution in [0.3, 0.4) is 0 Å².